The quantitative estimate of drug-likeness (QED) is 0.831. The standard InChI is InChI=1S/C12H18N2O2/c1-8(2)15-12-11(16-9-4-5-9)10(13-3)6-7-14-12/h6-9H,4-5H2,1-3H3,(H,13,14). The lowest BCUT2D eigenvalue weighted by molar-refractivity contribution is 0.209. The molecule has 1 aliphatic carbocycles. The molecule has 0 bridgehead atoms. The Hall–Kier alpha value is -1.45. The van der Waals surface area contributed by atoms with Gasteiger partial charge in [0.2, 0.25) is 5.75 Å². The Morgan fingerprint density at radius 1 is 1.44 bits per heavy atom. The summed E-state index contributed by atoms with van der Waals surface area (Å²) in [4.78, 5) is 4.22. The molecule has 1 saturated carbocycles. The summed E-state index contributed by atoms with van der Waals surface area (Å²) in [6, 6.07) is 1.89. The molecule has 1 aromatic rings. The fourth-order valence-corrected chi connectivity index (χ4v) is 1.40. The zero-order chi connectivity index (χ0) is 11.5. The van der Waals surface area contributed by atoms with Gasteiger partial charge in [-0.05, 0) is 32.8 Å². The minimum Gasteiger partial charge on any atom is -0.483 e. The third-order valence-electron chi connectivity index (χ3n) is 2.30. The van der Waals surface area contributed by atoms with Crippen molar-refractivity contribution in [3.63, 3.8) is 0 Å². The van der Waals surface area contributed by atoms with E-state index in [1.54, 1.807) is 6.20 Å². The van der Waals surface area contributed by atoms with Gasteiger partial charge in [0, 0.05) is 13.2 Å². The fourth-order valence-electron chi connectivity index (χ4n) is 1.40. The van der Waals surface area contributed by atoms with Gasteiger partial charge in [0.05, 0.1) is 17.9 Å². The molecule has 0 spiro atoms. The zero-order valence-electron chi connectivity index (χ0n) is 9.99. The molecule has 2 rings (SSSR count). The maximum absolute atomic E-state index is 5.83. The van der Waals surface area contributed by atoms with E-state index in [9.17, 15) is 0 Å². The molecule has 0 atom stereocenters. The molecule has 88 valence electrons. The van der Waals surface area contributed by atoms with Crippen LogP contribution in [0.4, 0.5) is 5.69 Å². The number of aromatic nitrogens is 1. The third-order valence-corrected chi connectivity index (χ3v) is 2.30. The average molecular weight is 222 g/mol. The minimum atomic E-state index is 0.0983. The first-order valence-electron chi connectivity index (χ1n) is 5.70. The van der Waals surface area contributed by atoms with E-state index in [0.29, 0.717) is 12.0 Å². The molecule has 0 aliphatic heterocycles. The van der Waals surface area contributed by atoms with Gasteiger partial charge < -0.3 is 14.8 Å². The van der Waals surface area contributed by atoms with E-state index in [1.807, 2.05) is 27.0 Å². The summed E-state index contributed by atoms with van der Waals surface area (Å²) in [6.45, 7) is 3.96. The van der Waals surface area contributed by atoms with Gasteiger partial charge in [0.15, 0.2) is 0 Å². The molecule has 1 heterocycles. The Bertz CT molecular complexity index is 362. The van der Waals surface area contributed by atoms with Crippen molar-refractivity contribution in [3.8, 4) is 11.6 Å². The van der Waals surface area contributed by atoms with Crippen LogP contribution < -0.4 is 14.8 Å². The van der Waals surface area contributed by atoms with Crippen LogP contribution >= 0.6 is 0 Å². The zero-order valence-corrected chi connectivity index (χ0v) is 9.99. The second-order valence-corrected chi connectivity index (χ2v) is 4.23. The molecular formula is C12H18N2O2. The molecule has 0 radical (unpaired) electrons. The highest BCUT2D eigenvalue weighted by Gasteiger charge is 2.27. The van der Waals surface area contributed by atoms with Crippen LogP contribution in [0.2, 0.25) is 0 Å². The Balaban J connectivity index is 2.25. The Morgan fingerprint density at radius 2 is 2.19 bits per heavy atom. The summed E-state index contributed by atoms with van der Waals surface area (Å²) in [6.07, 6.45) is 4.41. The molecule has 4 nitrogen and oxygen atoms in total. The number of anilines is 1. The van der Waals surface area contributed by atoms with E-state index in [4.69, 9.17) is 9.47 Å². The molecule has 1 aliphatic rings. The van der Waals surface area contributed by atoms with Gasteiger partial charge in [-0.2, -0.15) is 0 Å². The Kier molecular flexibility index (Phi) is 3.17. The smallest absolute Gasteiger partial charge is 0.259 e. The highest BCUT2D eigenvalue weighted by molar-refractivity contribution is 5.60. The van der Waals surface area contributed by atoms with Gasteiger partial charge >= 0.3 is 0 Å². The first-order valence-corrected chi connectivity index (χ1v) is 5.70. The summed E-state index contributed by atoms with van der Waals surface area (Å²) >= 11 is 0. The molecule has 1 fully saturated rings. The molecule has 0 amide bonds. The Morgan fingerprint density at radius 3 is 2.75 bits per heavy atom. The van der Waals surface area contributed by atoms with Crippen molar-refractivity contribution >= 4 is 5.69 Å². The number of hydrogen-bond acceptors (Lipinski definition) is 4. The van der Waals surface area contributed by atoms with Gasteiger partial charge in [0.1, 0.15) is 0 Å². The third kappa shape index (κ3) is 2.56. The monoisotopic (exact) mass is 222 g/mol. The average Bonchev–Trinajstić information content (AvgIpc) is 3.03. The molecule has 4 heteroatoms. The predicted molar refractivity (Wildman–Crippen MR) is 63.2 cm³/mol. The minimum absolute atomic E-state index is 0.0983. The molecule has 1 aromatic heterocycles. The van der Waals surface area contributed by atoms with Crippen molar-refractivity contribution in [3.05, 3.63) is 12.3 Å². The second-order valence-electron chi connectivity index (χ2n) is 4.23. The molecule has 0 unspecified atom stereocenters. The van der Waals surface area contributed by atoms with E-state index in [0.717, 1.165) is 24.3 Å². The van der Waals surface area contributed by atoms with E-state index >= 15 is 0 Å². The molecule has 0 aromatic carbocycles. The topological polar surface area (TPSA) is 43.4 Å². The fraction of sp³-hybridized carbons (Fsp3) is 0.583. The second kappa shape index (κ2) is 4.60. The van der Waals surface area contributed by atoms with Gasteiger partial charge in [-0.1, -0.05) is 0 Å². The number of nitrogens with zero attached hydrogens (tertiary/aromatic N) is 1. The highest BCUT2D eigenvalue weighted by atomic mass is 16.5. The van der Waals surface area contributed by atoms with Crippen LogP contribution in [-0.2, 0) is 0 Å². The maximum atomic E-state index is 5.83. The summed E-state index contributed by atoms with van der Waals surface area (Å²) < 4.78 is 11.5. The van der Waals surface area contributed by atoms with Crippen LogP contribution in [0.25, 0.3) is 0 Å². The number of nitrogens with one attached hydrogen (secondary N) is 1. The van der Waals surface area contributed by atoms with Crippen LogP contribution in [0.1, 0.15) is 26.7 Å². The van der Waals surface area contributed by atoms with E-state index in [-0.39, 0.29) is 6.10 Å². The van der Waals surface area contributed by atoms with Crippen molar-refractivity contribution < 1.29 is 9.47 Å². The van der Waals surface area contributed by atoms with Crippen LogP contribution in [0.3, 0.4) is 0 Å². The highest BCUT2D eigenvalue weighted by Crippen LogP contribution is 2.38. The van der Waals surface area contributed by atoms with Crippen molar-refractivity contribution in [2.45, 2.75) is 38.9 Å². The van der Waals surface area contributed by atoms with Crippen molar-refractivity contribution in [1.82, 2.24) is 4.98 Å². The maximum Gasteiger partial charge on any atom is 0.259 e. The first-order chi connectivity index (χ1) is 7.70. The number of ether oxygens (including phenoxy) is 2. The van der Waals surface area contributed by atoms with Gasteiger partial charge in [-0.15, -0.1) is 0 Å². The predicted octanol–water partition coefficient (Wildman–Crippen LogP) is 2.45. The van der Waals surface area contributed by atoms with Crippen molar-refractivity contribution in [1.29, 1.82) is 0 Å². The van der Waals surface area contributed by atoms with Gasteiger partial charge in [-0.3, -0.25) is 0 Å². The van der Waals surface area contributed by atoms with Crippen molar-refractivity contribution in [2.75, 3.05) is 12.4 Å². The van der Waals surface area contributed by atoms with Gasteiger partial charge in [-0.25, -0.2) is 4.98 Å². The summed E-state index contributed by atoms with van der Waals surface area (Å²) in [7, 11) is 1.87. The van der Waals surface area contributed by atoms with Crippen LogP contribution in [0, 0.1) is 0 Å². The number of pyridine rings is 1. The summed E-state index contributed by atoms with van der Waals surface area (Å²) in [5.41, 5.74) is 0.928. The molecule has 16 heavy (non-hydrogen) atoms. The first kappa shape index (κ1) is 11.0. The number of rotatable bonds is 5. The largest absolute Gasteiger partial charge is 0.483 e. The Labute approximate surface area is 96.0 Å². The summed E-state index contributed by atoms with van der Waals surface area (Å²) in [5, 5.41) is 3.10. The van der Waals surface area contributed by atoms with Crippen LogP contribution in [-0.4, -0.2) is 24.2 Å². The van der Waals surface area contributed by atoms with E-state index < -0.39 is 0 Å². The normalized spacial score (nSPS) is 15.0. The SMILES string of the molecule is CNc1ccnc(OC(C)C)c1OC1CC1. The van der Waals surface area contributed by atoms with Gasteiger partial charge in [0.25, 0.3) is 5.88 Å². The van der Waals surface area contributed by atoms with E-state index in [2.05, 4.69) is 10.3 Å². The number of hydrogen-bond donors (Lipinski definition) is 1. The van der Waals surface area contributed by atoms with E-state index in [1.165, 1.54) is 0 Å². The molecule has 0 saturated heterocycles. The lowest BCUT2D eigenvalue weighted by Crippen LogP contribution is -2.10. The summed E-state index contributed by atoms with van der Waals surface area (Å²) in [5.74, 6) is 1.31. The molecule has 1 N–H and O–H groups in total. The van der Waals surface area contributed by atoms with Crippen molar-refractivity contribution in [2.24, 2.45) is 0 Å². The van der Waals surface area contributed by atoms with Crippen LogP contribution in [0.5, 0.6) is 11.6 Å². The molecular weight excluding hydrogens is 204 g/mol. The lowest BCUT2D eigenvalue weighted by Gasteiger charge is -2.16. The van der Waals surface area contributed by atoms with Crippen LogP contribution in [0.15, 0.2) is 12.3 Å². The lowest BCUT2D eigenvalue weighted by atomic mass is 10.3.